The van der Waals surface area contributed by atoms with Crippen LogP contribution in [0.25, 0.3) is 0 Å². The summed E-state index contributed by atoms with van der Waals surface area (Å²) in [7, 11) is 1.43. The van der Waals surface area contributed by atoms with Crippen molar-refractivity contribution in [1.29, 1.82) is 0 Å². The quantitative estimate of drug-likeness (QED) is 0.759. The molecule has 0 saturated carbocycles. The fraction of sp³-hybridized carbons (Fsp3) is 0.545. The van der Waals surface area contributed by atoms with Gasteiger partial charge in [-0.25, -0.2) is 4.79 Å². The maximum atomic E-state index is 11.5. The predicted octanol–water partition coefficient (Wildman–Crippen LogP) is 2.89. The molecule has 4 heteroatoms. The second-order valence-electron chi connectivity index (χ2n) is 3.37. The van der Waals surface area contributed by atoms with E-state index >= 15 is 0 Å². The molecule has 0 saturated heterocycles. The number of carbonyl (C=O) groups is 1. The van der Waals surface area contributed by atoms with E-state index in [0.717, 1.165) is 24.9 Å². The normalized spacial score (nSPS) is 12.1. The number of thiophene rings is 1. The van der Waals surface area contributed by atoms with Crippen molar-refractivity contribution in [2.45, 2.75) is 32.2 Å². The van der Waals surface area contributed by atoms with E-state index in [-0.39, 0.29) is 12.0 Å². The van der Waals surface area contributed by atoms with Crippen LogP contribution < -0.4 is 5.32 Å². The first kappa shape index (κ1) is 12.0. The molecule has 0 fully saturated rings. The molecule has 0 aliphatic rings. The largest absolute Gasteiger partial charge is 0.467 e. The number of ether oxygens (including phenoxy) is 1. The van der Waals surface area contributed by atoms with E-state index in [1.54, 1.807) is 11.3 Å². The molecule has 0 aliphatic carbocycles. The van der Waals surface area contributed by atoms with Gasteiger partial charge >= 0.3 is 5.97 Å². The van der Waals surface area contributed by atoms with Gasteiger partial charge < -0.3 is 10.1 Å². The van der Waals surface area contributed by atoms with Gasteiger partial charge in [-0.2, -0.15) is 11.3 Å². The van der Waals surface area contributed by atoms with E-state index in [0.29, 0.717) is 0 Å². The zero-order valence-corrected chi connectivity index (χ0v) is 9.97. The minimum atomic E-state index is -0.218. The van der Waals surface area contributed by atoms with Crippen molar-refractivity contribution in [1.82, 2.24) is 0 Å². The fourth-order valence-corrected chi connectivity index (χ4v) is 1.94. The van der Waals surface area contributed by atoms with E-state index in [2.05, 4.69) is 12.2 Å². The Morgan fingerprint density at radius 3 is 3.00 bits per heavy atom. The summed E-state index contributed by atoms with van der Waals surface area (Å²) in [4.78, 5) is 11.5. The van der Waals surface area contributed by atoms with Crippen molar-refractivity contribution in [2.24, 2.45) is 0 Å². The van der Waals surface area contributed by atoms with Crippen molar-refractivity contribution in [3.8, 4) is 0 Å². The van der Waals surface area contributed by atoms with E-state index in [4.69, 9.17) is 4.74 Å². The summed E-state index contributed by atoms with van der Waals surface area (Å²) in [6, 6.07) is 1.75. The first-order valence-corrected chi connectivity index (χ1v) is 6.08. The van der Waals surface area contributed by atoms with Crippen LogP contribution in [-0.4, -0.2) is 19.1 Å². The molecule has 0 radical (unpaired) electrons. The average Bonchev–Trinajstić information content (AvgIpc) is 2.75. The van der Waals surface area contributed by atoms with Crippen LogP contribution in [0.2, 0.25) is 0 Å². The van der Waals surface area contributed by atoms with Crippen LogP contribution in [0.5, 0.6) is 0 Å². The smallest absolute Gasteiger partial charge is 0.328 e. The number of methoxy groups -OCH3 is 1. The Kier molecular flexibility index (Phi) is 5.18. The molecule has 1 heterocycles. The van der Waals surface area contributed by atoms with Crippen LogP contribution in [0.4, 0.5) is 5.69 Å². The summed E-state index contributed by atoms with van der Waals surface area (Å²) < 4.78 is 4.76. The number of unbranched alkanes of at least 4 members (excludes halogenated alkanes) is 1. The molecule has 0 aliphatic heterocycles. The highest BCUT2D eigenvalue weighted by molar-refractivity contribution is 7.08. The van der Waals surface area contributed by atoms with Crippen molar-refractivity contribution in [2.75, 3.05) is 12.4 Å². The Hall–Kier alpha value is -1.03. The summed E-state index contributed by atoms with van der Waals surface area (Å²) in [5.41, 5.74) is 0.992. The number of nitrogens with one attached hydrogen (secondary N) is 1. The monoisotopic (exact) mass is 227 g/mol. The minimum absolute atomic E-state index is 0.186. The molecule has 1 unspecified atom stereocenters. The van der Waals surface area contributed by atoms with Crippen LogP contribution in [0.15, 0.2) is 16.8 Å². The van der Waals surface area contributed by atoms with Gasteiger partial charge in [-0.15, -0.1) is 0 Å². The van der Waals surface area contributed by atoms with Gasteiger partial charge in [-0.3, -0.25) is 0 Å². The summed E-state index contributed by atoms with van der Waals surface area (Å²) in [6.45, 7) is 2.11. The van der Waals surface area contributed by atoms with Crippen molar-refractivity contribution in [3.63, 3.8) is 0 Å². The highest BCUT2D eigenvalue weighted by Crippen LogP contribution is 2.15. The Morgan fingerprint density at radius 2 is 2.47 bits per heavy atom. The van der Waals surface area contributed by atoms with E-state index in [1.807, 2.05) is 16.8 Å². The molecule has 0 amide bonds. The Balaban J connectivity index is 2.52. The number of carbonyl (C=O) groups excluding carboxylic acids is 1. The molecule has 1 aromatic heterocycles. The van der Waals surface area contributed by atoms with Crippen molar-refractivity contribution >= 4 is 23.0 Å². The molecule has 0 aromatic carbocycles. The van der Waals surface area contributed by atoms with Crippen LogP contribution in [0.1, 0.15) is 26.2 Å². The Morgan fingerprint density at radius 1 is 1.67 bits per heavy atom. The first-order valence-electron chi connectivity index (χ1n) is 5.14. The predicted molar refractivity (Wildman–Crippen MR) is 63.3 cm³/mol. The second kappa shape index (κ2) is 6.45. The summed E-state index contributed by atoms with van der Waals surface area (Å²) in [6.07, 6.45) is 2.93. The molecule has 84 valence electrons. The van der Waals surface area contributed by atoms with Crippen LogP contribution in [0.3, 0.4) is 0 Å². The maximum absolute atomic E-state index is 11.5. The third-order valence-electron chi connectivity index (χ3n) is 2.19. The van der Waals surface area contributed by atoms with Gasteiger partial charge in [0, 0.05) is 11.1 Å². The van der Waals surface area contributed by atoms with Crippen LogP contribution in [0, 0.1) is 0 Å². The van der Waals surface area contributed by atoms with E-state index < -0.39 is 0 Å². The lowest BCUT2D eigenvalue weighted by Gasteiger charge is -2.16. The molecular weight excluding hydrogens is 210 g/mol. The number of hydrogen-bond donors (Lipinski definition) is 1. The summed E-state index contributed by atoms with van der Waals surface area (Å²) in [5.74, 6) is -0.186. The molecule has 1 atom stereocenters. The van der Waals surface area contributed by atoms with E-state index in [1.165, 1.54) is 7.11 Å². The van der Waals surface area contributed by atoms with Crippen molar-refractivity contribution < 1.29 is 9.53 Å². The van der Waals surface area contributed by atoms with Gasteiger partial charge in [0.15, 0.2) is 0 Å². The topological polar surface area (TPSA) is 38.3 Å². The molecule has 15 heavy (non-hydrogen) atoms. The Labute approximate surface area is 94.5 Å². The van der Waals surface area contributed by atoms with E-state index in [9.17, 15) is 4.79 Å². The van der Waals surface area contributed by atoms with Gasteiger partial charge in [0.25, 0.3) is 0 Å². The number of rotatable bonds is 6. The van der Waals surface area contributed by atoms with Gasteiger partial charge in [0.05, 0.1) is 7.11 Å². The zero-order chi connectivity index (χ0) is 11.1. The van der Waals surface area contributed by atoms with Gasteiger partial charge in [0.1, 0.15) is 6.04 Å². The number of hydrogen-bond acceptors (Lipinski definition) is 4. The van der Waals surface area contributed by atoms with Gasteiger partial charge in [0.2, 0.25) is 0 Å². The third-order valence-corrected chi connectivity index (χ3v) is 2.88. The zero-order valence-electron chi connectivity index (χ0n) is 9.16. The fourth-order valence-electron chi connectivity index (χ4n) is 1.35. The van der Waals surface area contributed by atoms with Crippen LogP contribution >= 0.6 is 11.3 Å². The molecule has 1 N–H and O–H groups in total. The molecular formula is C11H17NO2S. The Bertz CT molecular complexity index is 285. The molecule has 0 bridgehead atoms. The van der Waals surface area contributed by atoms with Crippen LogP contribution in [-0.2, 0) is 9.53 Å². The summed E-state index contributed by atoms with van der Waals surface area (Å²) in [5, 5.41) is 7.15. The van der Waals surface area contributed by atoms with Gasteiger partial charge in [-0.1, -0.05) is 19.8 Å². The standard InChI is InChI=1S/C11H17NO2S/c1-3-4-5-10(11(13)14-2)12-9-6-7-15-8-9/h6-8,10,12H,3-5H2,1-2H3. The highest BCUT2D eigenvalue weighted by atomic mass is 32.1. The second-order valence-corrected chi connectivity index (χ2v) is 4.15. The maximum Gasteiger partial charge on any atom is 0.328 e. The first-order chi connectivity index (χ1) is 7.27. The molecule has 1 aromatic rings. The lowest BCUT2D eigenvalue weighted by atomic mass is 10.1. The number of esters is 1. The van der Waals surface area contributed by atoms with Gasteiger partial charge in [-0.05, 0) is 17.9 Å². The average molecular weight is 227 g/mol. The molecule has 0 spiro atoms. The highest BCUT2D eigenvalue weighted by Gasteiger charge is 2.17. The number of anilines is 1. The lowest BCUT2D eigenvalue weighted by molar-refractivity contribution is -0.141. The lowest BCUT2D eigenvalue weighted by Crippen LogP contribution is -2.30. The summed E-state index contributed by atoms with van der Waals surface area (Å²) >= 11 is 1.61. The minimum Gasteiger partial charge on any atom is -0.467 e. The molecule has 1 rings (SSSR count). The third kappa shape index (κ3) is 3.91. The molecule has 3 nitrogen and oxygen atoms in total. The van der Waals surface area contributed by atoms with Crippen molar-refractivity contribution in [3.05, 3.63) is 16.8 Å². The SMILES string of the molecule is CCCCC(Nc1ccsc1)C(=O)OC.